The molecular weight excluding hydrogens is 254 g/mol. The zero-order valence-electron chi connectivity index (χ0n) is 12.7. The Kier molecular flexibility index (Phi) is 4.85. The van der Waals surface area contributed by atoms with Gasteiger partial charge in [0, 0.05) is 32.2 Å². The van der Waals surface area contributed by atoms with Crippen LogP contribution in [0.2, 0.25) is 0 Å². The van der Waals surface area contributed by atoms with E-state index in [1.807, 2.05) is 0 Å². The van der Waals surface area contributed by atoms with E-state index in [2.05, 4.69) is 30.6 Å². The van der Waals surface area contributed by atoms with Crippen LogP contribution in [0.4, 0.5) is 0 Å². The molecule has 1 saturated heterocycles. The van der Waals surface area contributed by atoms with Crippen LogP contribution >= 0.6 is 12.2 Å². The van der Waals surface area contributed by atoms with E-state index in [4.69, 9.17) is 18.0 Å². The Hall–Kier alpha value is -0.190. The van der Waals surface area contributed by atoms with Gasteiger partial charge in [-0.05, 0) is 45.4 Å². The zero-order chi connectivity index (χ0) is 14.0. The maximum absolute atomic E-state index is 5.87. The molecule has 0 spiro atoms. The number of nitrogens with two attached hydrogens (primary N) is 1. The maximum Gasteiger partial charge on any atom is 0.0928 e. The molecule has 0 aromatic rings. The summed E-state index contributed by atoms with van der Waals surface area (Å²) < 4.78 is 0. The molecule has 0 amide bonds. The van der Waals surface area contributed by atoms with Crippen LogP contribution in [-0.2, 0) is 0 Å². The van der Waals surface area contributed by atoms with Crippen LogP contribution in [0.25, 0.3) is 0 Å². The second-order valence-corrected chi connectivity index (χ2v) is 7.30. The van der Waals surface area contributed by atoms with Gasteiger partial charge in [-0.15, -0.1) is 0 Å². The van der Waals surface area contributed by atoms with Gasteiger partial charge in [0.25, 0.3) is 0 Å². The first-order chi connectivity index (χ1) is 8.91. The molecule has 1 heterocycles. The van der Waals surface area contributed by atoms with Crippen LogP contribution in [0.5, 0.6) is 0 Å². The summed E-state index contributed by atoms with van der Waals surface area (Å²) in [4.78, 5) is 5.75. The molecule has 0 aromatic carbocycles. The lowest BCUT2D eigenvalue weighted by molar-refractivity contribution is 0.0452. The molecule has 0 aromatic heterocycles. The average molecular weight is 283 g/mol. The van der Waals surface area contributed by atoms with Gasteiger partial charge in [0.2, 0.25) is 0 Å². The van der Waals surface area contributed by atoms with E-state index in [0.717, 1.165) is 25.0 Å². The second kappa shape index (κ2) is 6.06. The first-order valence-electron chi connectivity index (χ1n) is 7.70. The SMILES string of the molecule is CC1CCC(N2CCN(C(C)(C)C(N)=S)CC2)CC1. The summed E-state index contributed by atoms with van der Waals surface area (Å²) in [6, 6.07) is 0.825. The van der Waals surface area contributed by atoms with Crippen molar-refractivity contribution in [1.82, 2.24) is 9.80 Å². The molecule has 19 heavy (non-hydrogen) atoms. The minimum absolute atomic E-state index is 0.136. The highest BCUT2D eigenvalue weighted by molar-refractivity contribution is 7.80. The lowest BCUT2D eigenvalue weighted by atomic mass is 9.86. The molecule has 1 saturated carbocycles. The number of rotatable bonds is 3. The average Bonchev–Trinajstić information content (AvgIpc) is 2.39. The van der Waals surface area contributed by atoms with E-state index in [1.165, 1.54) is 38.8 Å². The summed E-state index contributed by atoms with van der Waals surface area (Å²) in [5.41, 5.74) is 5.73. The Morgan fingerprint density at radius 3 is 2.05 bits per heavy atom. The van der Waals surface area contributed by atoms with Crippen LogP contribution in [0, 0.1) is 5.92 Å². The van der Waals surface area contributed by atoms with Gasteiger partial charge in [-0.3, -0.25) is 9.80 Å². The molecule has 110 valence electrons. The lowest BCUT2D eigenvalue weighted by Crippen LogP contribution is -2.60. The van der Waals surface area contributed by atoms with Gasteiger partial charge in [0.15, 0.2) is 0 Å². The van der Waals surface area contributed by atoms with Gasteiger partial charge in [0.1, 0.15) is 0 Å². The van der Waals surface area contributed by atoms with E-state index in [-0.39, 0.29) is 5.54 Å². The molecule has 4 heteroatoms. The highest BCUT2D eigenvalue weighted by atomic mass is 32.1. The number of thiocarbonyl (C=S) groups is 1. The molecule has 1 aliphatic carbocycles. The third-order valence-electron chi connectivity index (χ3n) is 5.21. The molecule has 2 fully saturated rings. The molecule has 0 atom stereocenters. The van der Waals surface area contributed by atoms with Crippen LogP contribution in [0.3, 0.4) is 0 Å². The standard InChI is InChI=1S/C15H29N3S/c1-12-4-6-13(7-5-12)17-8-10-18(11-9-17)15(2,3)14(16)19/h12-13H,4-11H2,1-3H3,(H2,16,19). The van der Waals surface area contributed by atoms with Crippen molar-refractivity contribution in [3.63, 3.8) is 0 Å². The Bertz CT molecular complexity index is 313. The fourth-order valence-corrected chi connectivity index (χ4v) is 3.54. The zero-order valence-corrected chi connectivity index (χ0v) is 13.5. The van der Waals surface area contributed by atoms with Crippen LogP contribution in [0.15, 0.2) is 0 Å². The Labute approximate surface area is 123 Å². The molecule has 0 bridgehead atoms. The lowest BCUT2D eigenvalue weighted by Gasteiger charge is -2.46. The van der Waals surface area contributed by atoms with Crippen LogP contribution in [-0.4, -0.2) is 52.5 Å². The van der Waals surface area contributed by atoms with Gasteiger partial charge in [-0.1, -0.05) is 19.1 Å². The summed E-state index contributed by atoms with van der Waals surface area (Å²) in [5.74, 6) is 0.936. The first kappa shape index (κ1) is 15.2. The van der Waals surface area contributed by atoms with Crippen molar-refractivity contribution in [2.75, 3.05) is 26.2 Å². The van der Waals surface area contributed by atoms with Crippen molar-refractivity contribution < 1.29 is 0 Å². The molecule has 0 radical (unpaired) electrons. The predicted octanol–water partition coefficient (Wildman–Crippen LogP) is 2.25. The number of hydrogen-bond acceptors (Lipinski definition) is 3. The number of hydrogen-bond donors (Lipinski definition) is 1. The third kappa shape index (κ3) is 3.47. The smallest absolute Gasteiger partial charge is 0.0928 e. The van der Waals surface area contributed by atoms with Crippen LogP contribution in [0.1, 0.15) is 46.5 Å². The van der Waals surface area contributed by atoms with E-state index < -0.39 is 0 Å². The van der Waals surface area contributed by atoms with E-state index >= 15 is 0 Å². The summed E-state index contributed by atoms with van der Waals surface area (Å²) in [6.07, 6.45) is 5.59. The van der Waals surface area contributed by atoms with Crippen molar-refractivity contribution in [3.05, 3.63) is 0 Å². The minimum atomic E-state index is -0.136. The van der Waals surface area contributed by atoms with Crippen molar-refractivity contribution in [3.8, 4) is 0 Å². The van der Waals surface area contributed by atoms with Gasteiger partial charge < -0.3 is 5.73 Å². The fraction of sp³-hybridized carbons (Fsp3) is 0.933. The third-order valence-corrected chi connectivity index (χ3v) is 5.71. The van der Waals surface area contributed by atoms with Crippen LogP contribution < -0.4 is 5.73 Å². The van der Waals surface area contributed by atoms with Gasteiger partial charge in [-0.25, -0.2) is 0 Å². The van der Waals surface area contributed by atoms with Gasteiger partial charge in [-0.2, -0.15) is 0 Å². The van der Waals surface area contributed by atoms with Gasteiger partial charge >= 0.3 is 0 Å². The normalized spacial score (nSPS) is 31.3. The second-order valence-electron chi connectivity index (χ2n) is 6.86. The van der Waals surface area contributed by atoms with Crippen molar-refractivity contribution >= 4 is 17.2 Å². The van der Waals surface area contributed by atoms with Gasteiger partial charge in [0.05, 0.1) is 10.5 Å². The largest absolute Gasteiger partial charge is 0.392 e. The number of nitrogens with zero attached hydrogens (tertiary/aromatic N) is 2. The quantitative estimate of drug-likeness (QED) is 0.805. The van der Waals surface area contributed by atoms with Crippen molar-refractivity contribution in [2.24, 2.45) is 11.7 Å². The molecule has 3 nitrogen and oxygen atoms in total. The van der Waals surface area contributed by atoms with E-state index in [0.29, 0.717) is 4.99 Å². The topological polar surface area (TPSA) is 32.5 Å². The molecular formula is C15H29N3S. The Morgan fingerprint density at radius 1 is 1.05 bits per heavy atom. The predicted molar refractivity (Wildman–Crippen MR) is 85.4 cm³/mol. The summed E-state index contributed by atoms with van der Waals surface area (Å²) in [5, 5.41) is 0. The van der Waals surface area contributed by atoms with Crippen molar-refractivity contribution in [2.45, 2.75) is 58.0 Å². The molecule has 1 aliphatic heterocycles. The summed E-state index contributed by atoms with van der Waals surface area (Å²) in [6.45, 7) is 11.2. The van der Waals surface area contributed by atoms with E-state index in [9.17, 15) is 0 Å². The van der Waals surface area contributed by atoms with E-state index in [1.54, 1.807) is 0 Å². The summed E-state index contributed by atoms with van der Waals surface area (Å²) in [7, 11) is 0. The minimum Gasteiger partial charge on any atom is -0.392 e. The van der Waals surface area contributed by atoms with Crippen molar-refractivity contribution in [1.29, 1.82) is 0 Å². The highest BCUT2D eigenvalue weighted by Gasteiger charge is 2.34. The highest BCUT2D eigenvalue weighted by Crippen LogP contribution is 2.28. The molecule has 2 rings (SSSR count). The Morgan fingerprint density at radius 2 is 1.58 bits per heavy atom. The molecule has 0 unspecified atom stereocenters. The number of piperazine rings is 1. The first-order valence-corrected chi connectivity index (χ1v) is 8.11. The fourth-order valence-electron chi connectivity index (χ4n) is 3.41. The monoisotopic (exact) mass is 283 g/mol. The molecule has 2 N–H and O–H groups in total. The summed E-state index contributed by atoms with van der Waals surface area (Å²) >= 11 is 5.20. The molecule has 2 aliphatic rings. The maximum atomic E-state index is 5.87. The Balaban J connectivity index is 1.84.